The fourth-order valence-electron chi connectivity index (χ4n) is 2.91. The normalized spacial score (nSPS) is 10.9. The van der Waals surface area contributed by atoms with Crippen molar-refractivity contribution in [3.8, 4) is 17.6 Å². The predicted octanol–water partition coefficient (Wildman–Crippen LogP) is 2.94. The maximum atomic E-state index is 13.3. The summed E-state index contributed by atoms with van der Waals surface area (Å²) >= 11 is 0. The smallest absolute Gasteiger partial charge is 0.264 e. The van der Waals surface area contributed by atoms with Gasteiger partial charge < -0.3 is 9.47 Å². The molecule has 0 unspecified atom stereocenters. The van der Waals surface area contributed by atoms with E-state index in [-0.39, 0.29) is 17.2 Å². The zero-order valence-electron chi connectivity index (χ0n) is 18.3. The van der Waals surface area contributed by atoms with Crippen LogP contribution in [0.15, 0.2) is 88.9 Å². The zero-order chi connectivity index (χ0) is 24.4. The molecule has 0 spiro atoms. The van der Waals surface area contributed by atoms with Gasteiger partial charge in [0.1, 0.15) is 24.1 Å². The molecule has 10 heteroatoms. The number of hydrazone groups is 1. The second-order valence-electron chi connectivity index (χ2n) is 6.84. The molecule has 0 radical (unpaired) electrons. The summed E-state index contributed by atoms with van der Waals surface area (Å²) in [5.74, 6) is 0.349. The standard InChI is InChI=1S/C24H22N4O5S/c1-32-22-7-5-6-20(16-22)28(34(30,31)23-8-3-2-4-9-23)18-24(29)27-26-17-19-10-12-21(13-11-19)33-15-14-25/h2-13,16-17H,15,18H2,1H3,(H,27,29)/b26-17+. The van der Waals surface area contributed by atoms with Crippen molar-refractivity contribution in [2.75, 3.05) is 24.6 Å². The highest BCUT2D eigenvalue weighted by atomic mass is 32.2. The van der Waals surface area contributed by atoms with E-state index in [9.17, 15) is 13.2 Å². The van der Waals surface area contributed by atoms with Crippen LogP contribution in [0.1, 0.15) is 5.56 Å². The van der Waals surface area contributed by atoms with Gasteiger partial charge in [-0.3, -0.25) is 9.10 Å². The van der Waals surface area contributed by atoms with E-state index in [1.165, 1.54) is 31.5 Å². The van der Waals surface area contributed by atoms with Crippen molar-refractivity contribution in [3.63, 3.8) is 0 Å². The maximum absolute atomic E-state index is 13.3. The quantitative estimate of drug-likeness (QED) is 0.353. The topological polar surface area (TPSA) is 121 Å². The average molecular weight is 479 g/mol. The minimum Gasteiger partial charge on any atom is -0.497 e. The third-order valence-corrected chi connectivity index (χ3v) is 6.33. The first kappa shape index (κ1) is 24.3. The summed E-state index contributed by atoms with van der Waals surface area (Å²) in [5, 5.41) is 12.4. The van der Waals surface area contributed by atoms with Crippen LogP contribution in [0, 0.1) is 11.3 Å². The Morgan fingerprint density at radius 1 is 1.06 bits per heavy atom. The van der Waals surface area contributed by atoms with E-state index in [1.54, 1.807) is 60.7 Å². The minimum absolute atomic E-state index is 0.0489. The van der Waals surface area contributed by atoms with Crippen molar-refractivity contribution in [2.45, 2.75) is 4.90 Å². The summed E-state index contributed by atoms with van der Waals surface area (Å²) in [6, 6.07) is 22.9. The summed E-state index contributed by atoms with van der Waals surface area (Å²) in [4.78, 5) is 12.7. The summed E-state index contributed by atoms with van der Waals surface area (Å²) in [6.45, 7) is -0.554. The Bertz CT molecular complexity index is 1290. The SMILES string of the molecule is COc1cccc(N(CC(=O)N/N=C/c2ccc(OCC#N)cc2)S(=O)(=O)c2ccccc2)c1. The highest BCUT2D eigenvalue weighted by molar-refractivity contribution is 7.92. The monoisotopic (exact) mass is 478 g/mol. The van der Waals surface area contributed by atoms with E-state index < -0.39 is 22.5 Å². The molecule has 0 heterocycles. The van der Waals surface area contributed by atoms with E-state index in [1.807, 2.05) is 6.07 Å². The molecule has 0 aliphatic rings. The minimum atomic E-state index is -4.04. The molecule has 34 heavy (non-hydrogen) atoms. The molecule has 0 aliphatic carbocycles. The Hall–Kier alpha value is -4.36. The number of anilines is 1. The van der Waals surface area contributed by atoms with Gasteiger partial charge >= 0.3 is 0 Å². The Morgan fingerprint density at radius 2 is 1.79 bits per heavy atom. The van der Waals surface area contributed by atoms with Crippen LogP contribution in [0.5, 0.6) is 11.5 Å². The highest BCUT2D eigenvalue weighted by Gasteiger charge is 2.27. The molecule has 3 aromatic rings. The molecule has 3 rings (SSSR count). The first-order valence-corrected chi connectivity index (χ1v) is 11.5. The van der Waals surface area contributed by atoms with Gasteiger partial charge in [0, 0.05) is 6.07 Å². The van der Waals surface area contributed by atoms with E-state index in [2.05, 4.69) is 10.5 Å². The van der Waals surface area contributed by atoms with E-state index in [0.29, 0.717) is 17.1 Å². The molecule has 0 saturated carbocycles. The molecule has 9 nitrogen and oxygen atoms in total. The van der Waals surface area contributed by atoms with Gasteiger partial charge in [0.05, 0.1) is 23.9 Å². The van der Waals surface area contributed by atoms with Crippen molar-refractivity contribution in [2.24, 2.45) is 5.10 Å². The van der Waals surface area contributed by atoms with Gasteiger partial charge in [0.15, 0.2) is 6.61 Å². The number of amides is 1. The zero-order valence-corrected chi connectivity index (χ0v) is 19.1. The molecule has 0 aromatic heterocycles. The maximum Gasteiger partial charge on any atom is 0.264 e. The van der Waals surface area contributed by atoms with Crippen molar-refractivity contribution in [3.05, 3.63) is 84.4 Å². The third kappa shape index (κ3) is 6.34. The summed E-state index contributed by atoms with van der Waals surface area (Å²) in [7, 11) is -2.56. The van der Waals surface area contributed by atoms with Gasteiger partial charge in [0.25, 0.3) is 15.9 Å². The molecule has 1 N–H and O–H groups in total. The fourth-order valence-corrected chi connectivity index (χ4v) is 4.34. The summed E-state index contributed by atoms with van der Waals surface area (Å²) in [5.41, 5.74) is 3.30. The lowest BCUT2D eigenvalue weighted by Crippen LogP contribution is -2.39. The molecular formula is C24H22N4O5S. The molecule has 174 valence electrons. The first-order chi connectivity index (χ1) is 16.4. The van der Waals surface area contributed by atoms with Gasteiger partial charge in [-0.05, 0) is 54.1 Å². The largest absolute Gasteiger partial charge is 0.497 e. The first-order valence-electron chi connectivity index (χ1n) is 10.1. The van der Waals surface area contributed by atoms with Crippen LogP contribution < -0.4 is 19.2 Å². The lowest BCUT2D eigenvalue weighted by molar-refractivity contribution is -0.119. The number of hydrogen-bond acceptors (Lipinski definition) is 7. The average Bonchev–Trinajstić information content (AvgIpc) is 2.87. The van der Waals surface area contributed by atoms with Crippen molar-refractivity contribution in [1.29, 1.82) is 5.26 Å². The number of benzene rings is 3. The number of ether oxygens (including phenoxy) is 2. The molecule has 0 bridgehead atoms. The predicted molar refractivity (Wildman–Crippen MR) is 127 cm³/mol. The van der Waals surface area contributed by atoms with Crippen LogP contribution in [-0.4, -0.2) is 40.8 Å². The molecule has 0 saturated heterocycles. The Morgan fingerprint density at radius 3 is 2.47 bits per heavy atom. The molecule has 1 amide bonds. The summed E-state index contributed by atoms with van der Waals surface area (Å²) in [6.07, 6.45) is 1.41. The Kier molecular flexibility index (Phi) is 8.21. The van der Waals surface area contributed by atoms with Gasteiger partial charge in [-0.1, -0.05) is 24.3 Å². The molecular weight excluding hydrogens is 456 g/mol. The molecule has 3 aromatic carbocycles. The van der Waals surface area contributed by atoms with E-state index in [4.69, 9.17) is 14.7 Å². The van der Waals surface area contributed by atoms with Crippen molar-refractivity contribution in [1.82, 2.24) is 5.43 Å². The van der Waals surface area contributed by atoms with Crippen LogP contribution in [-0.2, 0) is 14.8 Å². The van der Waals surface area contributed by atoms with Crippen LogP contribution in [0.2, 0.25) is 0 Å². The number of rotatable bonds is 10. The van der Waals surface area contributed by atoms with E-state index in [0.717, 1.165) is 4.31 Å². The van der Waals surface area contributed by atoms with Gasteiger partial charge in [0.2, 0.25) is 0 Å². The van der Waals surface area contributed by atoms with Crippen LogP contribution >= 0.6 is 0 Å². The third-order valence-electron chi connectivity index (χ3n) is 4.55. The lowest BCUT2D eigenvalue weighted by Gasteiger charge is -2.24. The number of hydrogen-bond donors (Lipinski definition) is 1. The number of methoxy groups -OCH3 is 1. The van der Waals surface area contributed by atoms with Crippen LogP contribution in [0.25, 0.3) is 0 Å². The van der Waals surface area contributed by atoms with Crippen molar-refractivity contribution < 1.29 is 22.7 Å². The van der Waals surface area contributed by atoms with Crippen molar-refractivity contribution >= 4 is 27.8 Å². The molecule has 0 atom stereocenters. The molecule has 0 aliphatic heterocycles. The lowest BCUT2D eigenvalue weighted by atomic mass is 10.2. The number of nitrogens with zero attached hydrogens (tertiary/aromatic N) is 3. The van der Waals surface area contributed by atoms with Crippen LogP contribution in [0.4, 0.5) is 5.69 Å². The Labute approximate surface area is 197 Å². The fraction of sp³-hybridized carbons (Fsp3) is 0.125. The van der Waals surface area contributed by atoms with E-state index >= 15 is 0 Å². The van der Waals surface area contributed by atoms with Gasteiger partial charge in [-0.25, -0.2) is 13.8 Å². The Balaban J connectivity index is 1.76. The second kappa shape index (κ2) is 11.5. The number of carbonyl (C=O) groups excluding carboxylic acids is 1. The van der Waals surface area contributed by atoms with Gasteiger partial charge in [-0.2, -0.15) is 10.4 Å². The number of nitriles is 1. The highest BCUT2D eigenvalue weighted by Crippen LogP contribution is 2.26. The van der Waals surface area contributed by atoms with Gasteiger partial charge in [-0.15, -0.1) is 0 Å². The number of sulfonamides is 1. The second-order valence-corrected chi connectivity index (χ2v) is 8.70. The summed E-state index contributed by atoms with van der Waals surface area (Å²) < 4.78 is 38.0. The number of nitrogens with one attached hydrogen (secondary N) is 1. The van der Waals surface area contributed by atoms with Crippen LogP contribution in [0.3, 0.4) is 0 Å². The molecule has 0 fully saturated rings. The number of carbonyl (C=O) groups is 1.